The Balaban J connectivity index is 1.66. The maximum atomic E-state index is 14.9. The summed E-state index contributed by atoms with van der Waals surface area (Å²) in [6.07, 6.45) is 2.67. The molecule has 4 heterocycles. The fourth-order valence-corrected chi connectivity index (χ4v) is 6.08. The highest BCUT2D eigenvalue weighted by Gasteiger charge is 2.45. The zero-order chi connectivity index (χ0) is 24.6. The quantitative estimate of drug-likeness (QED) is 0.437. The van der Waals surface area contributed by atoms with Crippen LogP contribution in [0.2, 0.25) is 0 Å². The molecule has 0 spiro atoms. The smallest absolute Gasteiger partial charge is 0.343 e. The third kappa shape index (κ3) is 2.93. The number of nitrogens with zero attached hydrogens (tertiary/aromatic N) is 2. The Labute approximate surface area is 201 Å². The summed E-state index contributed by atoms with van der Waals surface area (Å²) in [7, 11) is 0. The summed E-state index contributed by atoms with van der Waals surface area (Å²) in [6, 6.07) is 3.27. The van der Waals surface area contributed by atoms with Crippen LogP contribution in [0.5, 0.6) is 0 Å². The number of halogens is 1. The highest BCUT2D eigenvalue weighted by molar-refractivity contribution is 5.93. The lowest BCUT2D eigenvalue weighted by Gasteiger charge is -2.31. The van der Waals surface area contributed by atoms with Crippen LogP contribution in [0.15, 0.2) is 16.9 Å². The first-order valence-electron chi connectivity index (χ1n) is 12.3. The topological polar surface area (TPSA) is 93.5 Å². The molecule has 2 aliphatic heterocycles. The molecule has 0 radical (unpaired) electrons. The first-order valence-corrected chi connectivity index (χ1v) is 12.3. The van der Waals surface area contributed by atoms with Crippen LogP contribution in [-0.4, -0.2) is 27.2 Å². The van der Waals surface area contributed by atoms with Crippen molar-refractivity contribution in [2.24, 2.45) is 0 Å². The first-order chi connectivity index (χ1) is 16.8. The molecule has 182 valence electrons. The number of carbonyl (C=O) groups is 1. The number of pyridine rings is 2. The van der Waals surface area contributed by atoms with E-state index in [1.54, 1.807) is 17.6 Å². The summed E-state index contributed by atoms with van der Waals surface area (Å²) in [5.74, 6) is -1.03. The largest absolute Gasteiger partial charge is 0.458 e. The van der Waals surface area contributed by atoms with Gasteiger partial charge in [0.1, 0.15) is 12.4 Å². The number of cyclic esters (lactones) is 1. The Kier molecular flexibility index (Phi) is 4.92. The average molecular weight is 478 g/mol. The lowest BCUT2D eigenvalue weighted by atomic mass is 9.81. The second-order valence-electron chi connectivity index (χ2n) is 9.86. The van der Waals surface area contributed by atoms with Crippen molar-refractivity contribution in [1.82, 2.24) is 14.9 Å². The predicted octanol–water partition coefficient (Wildman–Crippen LogP) is 3.51. The number of aliphatic hydroxyl groups is 1. The summed E-state index contributed by atoms with van der Waals surface area (Å²) < 4.78 is 21.7. The van der Waals surface area contributed by atoms with Crippen molar-refractivity contribution in [2.45, 2.75) is 71.2 Å². The van der Waals surface area contributed by atoms with Gasteiger partial charge in [-0.3, -0.25) is 4.79 Å². The Bertz CT molecular complexity index is 1490. The third-order valence-corrected chi connectivity index (χ3v) is 8.02. The second kappa shape index (κ2) is 7.70. The average Bonchev–Trinajstić information content (AvgIpc) is 3.22. The summed E-state index contributed by atoms with van der Waals surface area (Å²) in [6.45, 7) is 6.65. The molecule has 0 saturated heterocycles. The van der Waals surface area contributed by atoms with Gasteiger partial charge in [0.2, 0.25) is 0 Å². The Hall–Kier alpha value is -3.10. The molecule has 1 aliphatic carbocycles. The van der Waals surface area contributed by atoms with E-state index in [4.69, 9.17) is 9.72 Å². The highest BCUT2D eigenvalue weighted by Crippen LogP contribution is 2.45. The first kappa shape index (κ1) is 22.4. The van der Waals surface area contributed by atoms with Crippen LogP contribution in [0, 0.1) is 12.7 Å². The van der Waals surface area contributed by atoms with E-state index in [1.165, 1.54) is 6.07 Å². The zero-order valence-electron chi connectivity index (χ0n) is 20.1. The van der Waals surface area contributed by atoms with Gasteiger partial charge in [0.25, 0.3) is 5.56 Å². The van der Waals surface area contributed by atoms with E-state index in [0.717, 1.165) is 47.9 Å². The lowest BCUT2D eigenvalue weighted by Crippen LogP contribution is -2.44. The van der Waals surface area contributed by atoms with Gasteiger partial charge in [0.15, 0.2) is 5.60 Å². The van der Waals surface area contributed by atoms with E-state index in [-0.39, 0.29) is 36.0 Å². The number of rotatable bonds is 4. The standard InChI is InChI=1S/C27H28FN3O4/c1-4-8-29-19-7-6-14-13(3)18(28)10-20-22(14)23(19)15-11-31-21(24(15)30-20)9-17-16(25(31)32)12-35-26(33)27(17,34)5-2/h9-10,19,29,34H,4-8,11-12H2,1-3H3. The van der Waals surface area contributed by atoms with E-state index in [0.29, 0.717) is 34.6 Å². The van der Waals surface area contributed by atoms with Gasteiger partial charge in [-0.1, -0.05) is 13.8 Å². The molecule has 1 aromatic carbocycles. The van der Waals surface area contributed by atoms with Gasteiger partial charge < -0.3 is 19.7 Å². The van der Waals surface area contributed by atoms with Crippen molar-refractivity contribution in [3.05, 3.63) is 61.7 Å². The molecule has 6 rings (SSSR count). The summed E-state index contributed by atoms with van der Waals surface area (Å²) >= 11 is 0. The van der Waals surface area contributed by atoms with E-state index in [2.05, 4.69) is 12.2 Å². The summed E-state index contributed by atoms with van der Waals surface area (Å²) in [5.41, 5.74) is 3.83. The number of benzene rings is 1. The summed E-state index contributed by atoms with van der Waals surface area (Å²) in [4.78, 5) is 30.9. The van der Waals surface area contributed by atoms with Gasteiger partial charge in [-0.05, 0) is 61.9 Å². The predicted molar refractivity (Wildman–Crippen MR) is 129 cm³/mol. The van der Waals surface area contributed by atoms with E-state index >= 15 is 0 Å². The van der Waals surface area contributed by atoms with Crippen molar-refractivity contribution < 1.29 is 19.0 Å². The molecule has 3 aliphatic rings. The zero-order valence-corrected chi connectivity index (χ0v) is 20.1. The molecule has 8 heteroatoms. The van der Waals surface area contributed by atoms with Gasteiger partial charge in [0.05, 0.1) is 29.0 Å². The molecular formula is C27H28FN3O4. The van der Waals surface area contributed by atoms with Gasteiger partial charge in [0, 0.05) is 28.6 Å². The minimum Gasteiger partial charge on any atom is -0.458 e. The van der Waals surface area contributed by atoms with Crippen LogP contribution in [-0.2, 0) is 34.7 Å². The second-order valence-corrected chi connectivity index (χ2v) is 9.86. The molecule has 0 fully saturated rings. The molecule has 0 bridgehead atoms. The lowest BCUT2D eigenvalue weighted by molar-refractivity contribution is -0.172. The highest BCUT2D eigenvalue weighted by atomic mass is 19.1. The van der Waals surface area contributed by atoms with E-state index in [1.807, 2.05) is 6.92 Å². The Morgan fingerprint density at radius 3 is 2.80 bits per heavy atom. The molecule has 35 heavy (non-hydrogen) atoms. The molecular weight excluding hydrogens is 449 g/mol. The van der Waals surface area contributed by atoms with Crippen LogP contribution >= 0.6 is 0 Å². The minimum atomic E-state index is -1.88. The molecule has 3 aromatic rings. The SMILES string of the molecule is CCCNC1CCc2c(C)c(F)cc3nc4c(c1c23)Cn1c-4cc2c(c1=O)COC(=O)C2(O)CC. The fourth-order valence-electron chi connectivity index (χ4n) is 6.08. The van der Waals surface area contributed by atoms with Gasteiger partial charge >= 0.3 is 5.97 Å². The molecule has 0 saturated carbocycles. The molecule has 2 atom stereocenters. The van der Waals surface area contributed by atoms with Crippen LogP contribution < -0.4 is 10.9 Å². The van der Waals surface area contributed by atoms with Crippen molar-refractivity contribution in [3.63, 3.8) is 0 Å². The van der Waals surface area contributed by atoms with Crippen LogP contribution in [0.3, 0.4) is 0 Å². The number of nitrogens with one attached hydrogen (secondary N) is 1. The maximum absolute atomic E-state index is 14.9. The number of esters is 1. The molecule has 0 amide bonds. The van der Waals surface area contributed by atoms with Crippen molar-refractivity contribution in [3.8, 4) is 11.4 Å². The van der Waals surface area contributed by atoms with Gasteiger partial charge in [-0.15, -0.1) is 0 Å². The number of hydrogen-bond acceptors (Lipinski definition) is 6. The van der Waals surface area contributed by atoms with Crippen molar-refractivity contribution in [1.29, 1.82) is 0 Å². The Morgan fingerprint density at radius 1 is 1.26 bits per heavy atom. The number of ether oxygens (including phenoxy) is 1. The minimum absolute atomic E-state index is 0.0729. The number of fused-ring (bicyclic) bond motifs is 5. The van der Waals surface area contributed by atoms with Crippen molar-refractivity contribution in [2.75, 3.05) is 6.54 Å². The number of carbonyl (C=O) groups excluding carboxylic acids is 1. The van der Waals surface area contributed by atoms with Crippen molar-refractivity contribution >= 4 is 16.9 Å². The van der Waals surface area contributed by atoms with Gasteiger partial charge in [-0.25, -0.2) is 14.2 Å². The van der Waals surface area contributed by atoms with Crippen LogP contribution in [0.25, 0.3) is 22.3 Å². The monoisotopic (exact) mass is 477 g/mol. The van der Waals surface area contributed by atoms with Crippen LogP contribution in [0.1, 0.15) is 72.5 Å². The van der Waals surface area contributed by atoms with E-state index in [9.17, 15) is 19.1 Å². The third-order valence-electron chi connectivity index (χ3n) is 8.02. The van der Waals surface area contributed by atoms with Gasteiger partial charge in [-0.2, -0.15) is 0 Å². The van der Waals surface area contributed by atoms with Crippen LogP contribution in [0.4, 0.5) is 4.39 Å². The summed E-state index contributed by atoms with van der Waals surface area (Å²) in [5, 5.41) is 15.8. The molecule has 2 N–H and O–H groups in total. The normalized spacial score (nSPS) is 22.1. The molecule has 7 nitrogen and oxygen atoms in total. The fraction of sp³-hybridized carbons (Fsp3) is 0.444. The Morgan fingerprint density at radius 2 is 2.06 bits per heavy atom. The maximum Gasteiger partial charge on any atom is 0.343 e. The van der Waals surface area contributed by atoms with E-state index < -0.39 is 11.6 Å². The molecule has 2 unspecified atom stereocenters. The number of aryl methyl sites for hydroxylation is 1. The number of hydrogen-bond donors (Lipinski definition) is 2. The number of aromatic nitrogens is 2. The molecule has 2 aromatic heterocycles.